The molecule has 0 aliphatic rings. The first-order valence-electron chi connectivity index (χ1n) is 7.38. The van der Waals surface area contributed by atoms with Gasteiger partial charge in [-0.1, -0.05) is 64.8 Å². The molecule has 0 aliphatic carbocycles. The number of unbranched alkanes of at least 4 members (excludes halogenated alkanes) is 1. The van der Waals surface area contributed by atoms with Crippen LogP contribution in [0.15, 0.2) is 24.3 Å². The third-order valence-corrected chi connectivity index (χ3v) is 3.93. The van der Waals surface area contributed by atoms with Gasteiger partial charge in [0.2, 0.25) is 0 Å². The van der Waals surface area contributed by atoms with Crippen LogP contribution in [0, 0.1) is 0 Å². The van der Waals surface area contributed by atoms with Crippen LogP contribution in [0.1, 0.15) is 70.4 Å². The summed E-state index contributed by atoms with van der Waals surface area (Å²) in [5, 5.41) is 0. The van der Waals surface area contributed by atoms with Gasteiger partial charge in [0.05, 0.1) is 0 Å². The quantitative estimate of drug-likeness (QED) is 0.745. The van der Waals surface area contributed by atoms with Gasteiger partial charge in [0, 0.05) is 5.54 Å². The smallest absolute Gasteiger partial charge is 0.0192 e. The van der Waals surface area contributed by atoms with Crippen molar-refractivity contribution in [3.8, 4) is 0 Å². The standard InChI is InChI=1S/C17H29N/c1-5-7-12-17(18,6-2)13-15-8-10-16(11-9-15)14(3)4/h8-11,14H,5-7,12-13,18H2,1-4H3. The number of rotatable bonds is 7. The van der Waals surface area contributed by atoms with Gasteiger partial charge in [-0.2, -0.15) is 0 Å². The van der Waals surface area contributed by atoms with E-state index in [1.807, 2.05) is 0 Å². The molecule has 0 saturated carbocycles. The number of benzene rings is 1. The highest BCUT2D eigenvalue weighted by Crippen LogP contribution is 2.22. The highest BCUT2D eigenvalue weighted by Gasteiger charge is 2.22. The summed E-state index contributed by atoms with van der Waals surface area (Å²) < 4.78 is 0. The molecular weight excluding hydrogens is 218 g/mol. The van der Waals surface area contributed by atoms with Crippen LogP contribution in [0.2, 0.25) is 0 Å². The Morgan fingerprint density at radius 1 is 1.11 bits per heavy atom. The molecular formula is C17H29N. The highest BCUT2D eigenvalue weighted by molar-refractivity contribution is 5.26. The molecule has 1 unspecified atom stereocenters. The van der Waals surface area contributed by atoms with Gasteiger partial charge in [0.25, 0.3) is 0 Å². The summed E-state index contributed by atoms with van der Waals surface area (Å²) in [6.45, 7) is 8.90. The molecule has 102 valence electrons. The average Bonchev–Trinajstić information content (AvgIpc) is 2.37. The zero-order valence-corrected chi connectivity index (χ0v) is 12.5. The molecule has 1 rings (SSSR count). The molecule has 0 aliphatic heterocycles. The van der Waals surface area contributed by atoms with Crippen LogP contribution in [-0.2, 0) is 6.42 Å². The summed E-state index contributed by atoms with van der Waals surface area (Å²) >= 11 is 0. The number of hydrogen-bond donors (Lipinski definition) is 1. The normalized spacial score (nSPS) is 14.8. The van der Waals surface area contributed by atoms with E-state index in [1.165, 1.54) is 24.0 Å². The van der Waals surface area contributed by atoms with Crippen molar-refractivity contribution in [3.63, 3.8) is 0 Å². The largest absolute Gasteiger partial charge is 0.325 e. The molecule has 0 spiro atoms. The predicted molar refractivity (Wildman–Crippen MR) is 81.0 cm³/mol. The van der Waals surface area contributed by atoms with Crippen LogP contribution < -0.4 is 5.73 Å². The van der Waals surface area contributed by atoms with E-state index in [-0.39, 0.29) is 5.54 Å². The maximum Gasteiger partial charge on any atom is 0.0192 e. The summed E-state index contributed by atoms with van der Waals surface area (Å²) in [5.41, 5.74) is 9.28. The molecule has 0 bridgehead atoms. The van der Waals surface area contributed by atoms with Gasteiger partial charge in [0.15, 0.2) is 0 Å². The molecule has 18 heavy (non-hydrogen) atoms. The topological polar surface area (TPSA) is 26.0 Å². The SMILES string of the molecule is CCCCC(N)(CC)Cc1ccc(C(C)C)cc1. The maximum atomic E-state index is 6.51. The fourth-order valence-corrected chi connectivity index (χ4v) is 2.35. The van der Waals surface area contributed by atoms with E-state index >= 15 is 0 Å². The van der Waals surface area contributed by atoms with Crippen molar-refractivity contribution in [1.29, 1.82) is 0 Å². The maximum absolute atomic E-state index is 6.51. The summed E-state index contributed by atoms with van der Waals surface area (Å²) in [7, 11) is 0. The first kappa shape index (κ1) is 15.2. The van der Waals surface area contributed by atoms with Crippen LogP contribution in [-0.4, -0.2) is 5.54 Å². The average molecular weight is 247 g/mol. The third-order valence-electron chi connectivity index (χ3n) is 3.93. The van der Waals surface area contributed by atoms with Crippen molar-refractivity contribution >= 4 is 0 Å². The van der Waals surface area contributed by atoms with Gasteiger partial charge >= 0.3 is 0 Å². The van der Waals surface area contributed by atoms with Crippen LogP contribution in [0.5, 0.6) is 0 Å². The van der Waals surface area contributed by atoms with E-state index in [0.29, 0.717) is 5.92 Å². The Morgan fingerprint density at radius 2 is 1.72 bits per heavy atom. The molecule has 1 heteroatoms. The van der Waals surface area contributed by atoms with Crippen molar-refractivity contribution in [2.75, 3.05) is 0 Å². The molecule has 0 radical (unpaired) electrons. The highest BCUT2D eigenvalue weighted by atomic mass is 14.7. The van der Waals surface area contributed by atoms with Gasteiger partial charge in [-0.15, -0.1) is 0 Å². The van der Waals surface area contributed by atoms with Gasteiger partial charge < -0.3 is 5.73 Å². The monoisotopic (exact) mass is 247 g/mol. The first-order valence-corrected chi connectivity index (χ1v) is 7.38. The van der Waals surface area contributed by atoms with Gasteiger partial charge in [-0.3, -0.25) is 0 Å². The lowest BCUT2D eigenvalue weighted by atomic mass is 9.84. The summed E-state index contributed by atoms with van der Waals surface area (Å²) in [6.07, 6.45) is 5.65. The Hall–Kier alpha value is -0.820. The molecule has 1 atom stereocenters. The second kappa shape index (κ2) is 6.94. The van der Waals surface area contributed by atoms with Crippen molar-refractivity contribution in [3.05, 3.63) is 35.4 Å². The molecule has 0 aromatic heterocycles. The molecule has 0 amide bonds. The minimum absolute atomic E-state index is 0.0185. The fourth-order valence-electron chi connectivity index (χ4n) is 2.35. The van der Waals surface area contributed by atoms with Crippen LogP contribution >= 0.6 is 0 Å². The zero-order chi connectivity index (χ0) is 13.6. The van der Waals surface area contributed by atoms with Gasteiger partial charge in [-0.25, -0.2) is 0 Å². The predicted octanol–water partition coefficient (Wildman–Crippen LogP) is 4.65. The molecule has 1 aromatic rings. The summed E-state index contributed by atoms with van der Waals surface area (Å²) in [5.74, 6) is 0.605. The second-order valence-corrected chi connectivity index (χ2v) is 5.89. The molecule has 1 aromatic carbocycles. The fraction of sp³-hybridized carbons (Fsp3) is 0.647. The number of hydrogen-bond acceptors (Lipinski definition) is 1. The van der Waals surface area contributed by atoms with E-state index < -0.39 is 0 Å². The van der Waals surface area contributed by atoms with E-state index in [0.717, 1.165) is 19.3 Å². The minimum atomic E-state index is -0.0185. The Labute approximate surface area is 113 Å². The Kier molecular flexibility index (Phi) is 5.87. The Morgan fingerprint density at radius 3 is 2.17 bits per heavy atom. The summed E-state index contributed by atoms with van der Waals surface area (Å²) in [6, 6.07) is 8.99. The lowest BCUT2D eigenvalue weighted by Crippen LogP contribution is -2.41. The first-order chi connectivity index (χ1) is 8.50. The van der Waals surface area contributed by atoms with Crippen molar-refractivity contribution in [1.82, 2.24) is 0 Å². The summed E-state index contributed by atoms with van der Waals surface area (Å²) in [4.78, 5) is 0. The molecule has 1 nitrogen and oxygen atoms in total. The third kappa shape index (κ3) is 4.45. The second-order valence-electron chi connectivity index (χ2n) is 5.89. The van der Waals surface area contributed by atoms with Crippen molar-refractivity contribution in [2.24, 2.45) is 5.73 Å². The Balaban J connectivity index is 2.69. The van der Waals surface area contributed by atoms with Crippen molar-refractivity contribution < 1.29 is 0 Å². The molecule has 0 fully saturated rings. The van der Waals surface area contributed by atoms with Crippen LogP contribution in [0.4, 0.5) is 0 Å². The molecule has 0 saturated heterocycles. The van der Waals surface area contributed by atoms with Gasteiger partial charge in [-0.05, 0) is 36.3 Å². The van der Waals surface area contributed by atoms with E-state index in [1.54, 1.807) is 0 Å². The minimum Gasteiger partial charge on any atom is -0.325 e. The lowest BCUT2D eigenvalue weighted by molar-refractivity contribution is 0.365. The van der Waals surface area contributed by atoms with Crippen molar-refractivity contribution in [2.45, 2.75) is 71.3 Å². The van der Waals surface area contributed by atoms with E-state index in [9.17, 15) is 0 Å². The zero-order valence-electron chi connectivity index (χ0n) is 12.5. The van der Waals surface area contributed by atoms with E-state index in [4.69, 9.17) is 5.73 Å². The van der Waals surface area contributed by atoms with E-state index in [2.05, 4.69) is 52.0 Å². The Bertz CT molecular complexity index is 339. The lowest BCUT2D eigenvalue weighted by Gasteiger charge is -2.28. The molecule has 2 N–H and O–H groups in total. The van der Waals surface area contributed by atoms with Crippen LogP contribution in [0.3, 0.4) is 0 Å². The number of nitrogens with two attached hydrogens (primary N) is 1. The van der Waals surface area contributed by atoms with Crippen LogP contribution in [0.25, 0.3) is 0 Å². The van der Waals surface area contributed by atoms with Gasteiger partial charge in [0.1, 0.15) is 0 Å². The molecule has 0 heterocycles.